The molecule has 3 heteroatoms. The van der Waals surface area contributed by atoms with Crippen molar-refractivity contribution in [1.82, 2.24) is 9.80 Å². The molecule has 0 aromatic rings. The highest BCUT2D eigenvalue weighted by atomic mass is 15.5. The molecule has 3 nitrogen and oxygen atoms in total. The fourth-order valence-electron chi connectivity index (χ4n) is 7.55. The topological polar surface area (TPSA) is 32.5 Å². The Balaban J connectivity index is 4.09. The Kier molecular flexibility index (Phi) is 7.23. The molecule has 0 radical (unpaired) electrons. The Hall–Kier alpha value is -0.120. The van der Waals surface area contributed by atoms with Crippen molar-refractivity contribution in [1.29, 1.82) is 0 Å². The largest absolute Gasteiger partial charge is 0.325 e. The fraction of sp³-hybridized carbons (Fsp3) is 1.00. The summed E-state index contributed by atoms with van der Waals surface area (Å²) in [4.78, 5) is 5.74. The lowest BCUT2D eigenvalue weighted by atomic mass is 9.52. The van der Waals surface area contributed by atoms with Crippen LogP contribution in [0.2, 0.25) is 0 Å². The van der Waals surface area contributed by atoms with E-state index in [0.717, 1.165) is 0 Å². The summed E-state index contributed by atoms with van der Waals surface area (Å²) >= 11 is 0. The molecule has 0 amide bonds. The van der Waals surface area contributed by atoms with Gasteiger partial charge in [-0.2, -0.15) is 0 Å². The molecule has 34 heavy (non-hydrogen) atoms. The second kappa shape index (κ2) is 7.70. The molecule has 1 rings (SSSR count). The summed E-state index contributed by atoms with van der Waals surface area (Å²) in [5.41, 5.74) is 5.89. The molecule has 0 bridgehead atoms. The van der Waals surface area contributed by atoms with Crippen LogP contribution in [0.1, 0.15) is 145 Å². The molecule has 1 saturated heterocycles. The van der Waals surface area contributed by atoms with E-state index in [9.17, 15) is 0 Å². The van der Waals surface area contributed by atoms with Gasteiger partial charge in [0.1, 0.15) is 0 Å². The van der Waals surface area contributed by atoms with Crippen molar-refractivity contribution in [2.45, 2.75) is 184 Å². The van der Waals surface area contributed by atoms with Crippen LogP contribution in [0.15, 0.2) is 0 Å². The molecule has 2 N–H and O–H groups in total. The van der Waals surface area contributed by atoms with Gasteiger partial charge in [0.15, 0.2) is 0 Å². The van der Waals surface area contributed by atoms with Gasteiger partial charge in [0, 0.05) is 44.2 Å². The summed E-state index contributed by atoms with van der Waals surface area (Å²) in [5.74, 6) is 0. The van der Waals surface area contributed by atoms with Gasteiger partial charge >= 0.3 is 0 Å². The standard InChI is InChI=1S/C31H65N3/c1-22(2,3)23(4,5)26(10,11)33-28(14,15)30(18,19)34(31(20,21)29(33,16)17)27(12,13)24(6,7)25(8,9)32/h32H2,1-21H3. The second-order valence-corrected chi connectivity index (χ2v) is 17.2. The number of rotatable bonds is 5. The lowest BCUT2D eigenvalue weighted by Crippen LogP contribution is -2.91. The molecule has 0 aliphatic carbocycles. The van der Waals surface area contributed by atoms with E-state index in [1.54, 1.807) is 0 Å². The third-order valence-electron chi connectivity index (χ3n) is 12.9. The zero-order valence-corrected chi connectivity index (χ0v) is 27.5. The highest BCUT2D eigenvalue weighted by Gasteiger charge is 2.71. The van der Waals surface area contributed by atoms with E-state index in [4.69, 9.17) is 5.73 Å². The first-order valence-corrected chi connectivity index (χ1v) is 13.6. The number of nitrogens with zero attached hydrogens (tertiary/aromatic N) is 2. The third-order valence-corrected chi connectivity index (χ3v) is 12.9. The predicted molar refractivity (Wildman–Crippen MR) is 153 cm³/mol. The molecule has 0 atom stereocenters. The lowest BCUT2D eigenvalue weighted by molar-refractivity contribution is -0.296. The van der Waals surface area contributed by atoms with E-state index >= 15 is 0 Å². The number of piperazine rings is 1. The van der Waals surface area contributed by atoms with Gasteiger partial charge in [-0.3, -0.25) is 9.80 Å². The van der Waals surface area contributed by atoms with Crippen LogP contribution in [-0.2, 0) is 0 Å². The Morgan fingerprint density at radius 2 is 0.618 bits per heavy atom. The maximum Gasteiger partial charge on any atom is 0.0343 e. The van der Waals surface area contributed by atoms with Crippen molar-refractivity contribution < 1.29 is 0 Å². The van der Waals surface area contributed by atoms with Crippen LogP contribution >= 0.6 is 0 Å². The lowest BCUT2D eigenvalue weighted by Gasteiger charge is -2.80. The Morgan fingerprint density at radius 3 is 0.794 bits per heavy atom. The van der Waals surface area contributed by atoms with Gasteiger partial charge in [0.25, 0.3) is 0 Å². The fourth-order valence-corrected chi connectivity index (χ4v) is 7.55. The molecule has 204 valence electrons. The summed E-state index contributed by atoms with van der Waals surface area (Å²) < 4.78 is 0. The molecule has 0 unspecified atom stereocenters. The van der Waals surface area contributed by atoms with Gasteiger partial charge in [-0.15, -0.1) is 0 Å². The summed E-state index contributed by atoms with van der Waals surface area (Å²) in [6, 6.07) is 0. The molecule has 0 aromatic carbocycles. The first kappa shape index (κ1) is 31.9. The van der Waals surface area contributed by atoms with Crippen LogP contribution in [0.4, 0.5) is 0 Å². The SMILES string of the molecule is CC(C)(C)C(C)(C)C(C)(C)N1C(C)(C)C(C)(C)N(C(C)(C)C(C)(C)C(C)(C)N)C(C)(C)C1(C)C. The van der Waals surface area contributed by atoms with Crippen LogP contribution in [0.25, 0.3) is 0 Å². The van der Waals surface area contributed by atoms with Crippen LogP contribution < -0.4 is 5.73 Å². The maximum atomic E-state index is 6.88. The van der Waals surface area contributed by atoms with Crippen LogP contribution in [-0.4, -0.2) is 48.6 Å². The van der Waals surface area contributed by atoms with Gasteiger partial charge < -0.3 is 5.73 Å². The van der Waals surface area contributed by atoms with Crippen LogP contribution in [0.5, 0.6) is 0 Å². The van der Waals surface area contributed by atoms with Gasteiger partial charge in [-0.25, -0.2) is 0 Å². The van der Waals surface area contributed by atoms with Crippen molar-refractivity contribution in [3.8, 4) is 0 Å². The number of hydrogen-bond donors (Lipinski definition) is 1. The maximum absolute atomic E-state index is 6.88. The summed E-state index contributed by atoms with van der Waals surface area (Å²) in [6.45, 7) is 50.9. The smallest absolute Gasteiger partial charge is 0.0343 e. The summed E-state index contributed by atoms with van der Waals surface area (Å²) in [7, 11) is 0. The minimum Gasteiger partial charge on any atom is -0.325 e. The summed E-state index contributed by atoms with van der Waals surface area (Å²) in [6.07, 6.45) is 0. The predicted octanol–water partition coefficient (Wildman–Crippen LogP) is 8.11. The summed E-state index contributed by atoms with van der Waals surface area (Å²) in [5, 5.41) is 0. The normalized spacial score (nSPS) is 24.9. The minimum atomic E-state index is -0.332. The first-order valence-electron chi connectivity index (χ1n) is 13.6. The quantitative estimate of drug-likeness (QED) is 0.432. The monoisotopic (exact) mass is 480 g/mol. The van der Waals surface area contributed by atoms with Gasteiger partial charge in [-0.1, -0.05) is 48.5 Å². The Labute approximate surface area is 216 Å². The van der Waals surface area contributed by atoms with Crippen molar-refractivity contribution >= 4 is 0 Å². The zero-order chi connectivity index (χ0) is 28.2. The second-order valence-electron chi connectivity index (χ2n) is 17.2. The van der Waals surface area contributed by atoms with E-state index < -0.39 is 0 Å². The molecule has 1 aliphatic heterocycles. The van der Waals surface area contributed by atoms with E-state index in [0.29, 0.717) is 0 Å². The molecule has 0 spiro atoms. The number of nitrogens with two attached hydrogens (primary N) is 1. The van der Waals surface area contributed by atoms with E-state index in [1.165, 1.54) is 0 Å². The third kappa shape index (κ3) is 3.76. The zero-order valence-electron chi connectivity index (χ0n) is 27.5. The molecule has 1 fully saturated rings. The van der Waals surface area contributed by atoms with Crippen LogP contribution in [0.3, 0.4) is 0 Å². The highest BCUT2D eigenvalue weighted by molar-refractivity contribution is 5.27. The van der Waals surface area contributed by atoms with Crippen molar-refractivity contribution in [2.75, 3.05) is 0 Å². The average Bonchev–Trinajstić information content (AvgIpc) is 2.49. The highest BCUT2D eigenvalue weighted by Crippen LogP contribution is 2.62. The molecule has 0 aromatic heterocycles. The molecule has 0 saturated carbocycles. The molecule has 1 aliphatic rings. The van der Waals surface area contributed by atoms with E-state index in [1.807, 2.05) is 0 Å². The van der Waals surface area contributed by atoms with Gasteiger partial charge in [-0.05, 0) is 108 Å². The Morgan fingerprint density at radius 1 is 0.412 bits per heavy atom. The van der Waals surface area contributed by atoms with Crippen LogP contribution in [0, 0.1) is 16.2 Å². The minimum absolute atomic E-state index is 0.0638. The first-order chi connectivity index (χ1) is 14.2. The molecule has 1 heterocycles. The van der Waals surface area contributed by atoms with Gasteiger partial charge in [0.2, 0.25) is 0 Å². The Bertz CT molecular complexity index is 667. The van der Waals surface area contributed by atoms with Crippen molar-refractivity contribution in [3.63, 3.8) is 0 Å². The van der Waals surface area contributed by atoms with Crippen molar-refractivity contribution in [3.05, 3.63) is 0 Å². The average molecular weight is 480 g/mol. The molecular weight excluding hydrogens is 414 g/mol. The van der Waals surface area contributed by atoms with Gasteiger partial charge in [0.05, 0.1) is 0 Å². The van der Waals surface area contributed by atoms with E-state index in [2.05, 4.69) is 155 Å². The molecular formula is C31H65N3. The number of hydrogen-bond acceptors (Lipinski definition) is 3. The van der Waals surface area contributed by atoms with Crippen molar-refractivity contribution in [2.24, 2.45) is 22.0 Å². The van der Waals surface area contributed by atoms with E-state index in [-0.39, 0.29) is 55.0 Å².